The lowest BCUT2D eigenvalue weighted by atomic mass is 10.0. The van der Waals surface area contributed by atoms with Crippen molar-refractivity contribution in [3.05, 3.63) is 22.5 Å². The number of pyridine rings is 1. The number of carbonyl (C=O) groups excluding carboxylic acids is 2. The Morgan fingerprint density at radius 3 is 1.75 bits per heavy atom. The molecule has 0 bridgehead atoms. The molecule has 1 heterocycles. The molecule has 0 saturated heterocycles. The van der Waals surface area contributed by atoms with E-state index in [9.17, 15) is 31.5 Å². The van der Waals surface area contributed by atoms with Crippen molar-refractivity contribution in [1.82, 2.24) is 4.98 Å². The van der Waals surface area contributed by atoms with Crippen LogP contribution in [0.3, 0.4) is 0 Å². The average Bonchev–Trinajstić information content (AvgIpc) is 2.51. The van der Waals surface area contributed by atoms with Gasteiger partial charge in [-0.2, -0.15) is 22.0 Å². The summed E-state index contributed by atoms with van der Waals surface area (Å²) in [6, 6.07) is -0.665. The minimum Gasteiger partial charge on any atom is -0.462 e. The molecule has 0 atom stereocenters. The molecule has 0 amide bonds. The zero-order chi connectivity index (χ0) is 21.9. The normalized spacial score (nSPS) is 12.1. The molecule has 12 heteroatoms. The SMILES string of the molecule is CCOC(=O)c1c(C(F)(F)F)nc(C(F)(F)Cl)c(C(=O)OCC)c1NC(C)C. The predicted octanol–water partition coefficient (Wildman–Crippen LogP) is 4.56. The molecule has 0 aromatic carbocycles. The number of esters is 2. The number of halogens is 6. The van der Waals surface area contributed by atoms with E-state index in [2.05, 4.69) is 19.8 Å². The molecule has 1 aromatic heterocycles. The summed E-state index contributed by atoms with van der Waals surface area (Å²) in [5, 5.41) is -2.04. The van der Waals surface area contributed by atoms with Gasteiger partial charge in [0.25, 0.3) is 0 Å². The van der Waals surface area contributed by atoms with Crippen LogP contribution in [0.1, 0.15) is 59.8 Å². The number of anilines is 1. The number of carbonyl (C=O) groups is 2. The maximum absolute atomic E-state index is 13.9. The monoisotopic (exact) mass is 432 g/mol. The van der Waals surface area contributed by atoms with Gasteiger partial charge in [-0.3, -0.25) is 0 Å². The molecule has 0 spiro atoms. The van der Waals surface area contributed by atoms with Gasteiger partial charge in [-0.15, -0.1) is 0 Å². The number of hydrogen-bond acceptors (Lipinski definition) is 6. The number of nitrogens with zero attached hydrogens (tertiary/aromatic N) is 1. The quantitative estimate of drug-likeness (QED) is 0.386. The Balaban J connectivity index is 4.12. The Hall–Kier alpha value is -2.17. The van der Waals surface area contributed by atoms with E-state index < -0.39 is 57.7 Å². The molecular weight excluding hydrogens is 415 g/mol. The van der Waals surface area contributed by atoms with Crippen LogP contribution in [0.25, 0.3) is 0 Å². The lowest BCUT2D eigenvalue weighted by molar-refractivity contribution is -0.142. The van der Waals surface area contributed by atoms with E-state index in [-0.39, 0.29) is 13.2 Å². The number of aromatic nitrogens is 1. The molecule has 0 aliphatic heterocycles. The highest BCUT2D eigenvalue weighted by molar-refractivity contribution is 6.22. The first-order valence-corrected chi connectivity index (χ1v) is 8.46. The second-order valence-electron chi connectivity index (χ2n) is 5.67. The Bertz CT molecular complexity index is 694. The Kier molecular flexibility index (Phi) is 7.58. The first-order valence-electron chi connectivity index (χ1n) is 8.08. The Labute approximate surface area is 162 Å². The molecule has 158 valence electrons. The molecule has 0 unspecified atom stereocenters. The fourth-order valence-electron chi connectivity index (χ4n) is 2.23. The van der Waals surface area contributed by atoms with Crippen molar-refractivity contribution in [1.29, 1.82) is 0 Å². The molecule has 0 saturated carbocycles. The van der Waals surface area contributed by atoms with E-state index in [0.29, 0.717) is 0 Å². The molecular formula is C16H18ClF5N2O4. The van der Waals surface area contributed by atoms with Crippen molar-refractivity contribution in [2.45, 2.75) is 45.3 Å². The smallest absolute Gasteiger partial charge is 0.434 e. The maximum Gasteiger partial charge on any atom is 0.434 e. The standard InChI is InChI=1S/C16H18ClF5N2O4/c1-5-27-13(25)8-10(23-7(3)4)9(14(26)28-6-2)12(16(20,21)22)24-11(8)15(17,18)19/h7H,5-6H2,1-4H3,(H,23,24). The highest BCUT2D eigenvalue weighted by Gasteiger charge is 2.46. The summed E-state index contributed by atoms with van der Waals surface area (Å²) in [6.07, 6.45) is -5.32. The topological polar surface area (TPSA) is 77.5 Å². The van der Waals surface area contributed by atoms with Crippen molar-refractivity contribution in [2.24, 2.45) is 0 Å². The molecule has 0 aliphatic rings. The third-order valence-electron chi connectivity index (χ3n) is 3.13. The van der Waals surface area contributed by atoms with Crippen LogP contribution in [0.15, 0.2) is 0 Å². The third kappa shape index (κ3) is 5.43. The van der Waals surface area contributed by atoms with Crippen molar-refractivity contribution in [2.75, 3.05) is 18.5 Å². The Morgan fingerprint density at radius 2 is 1.43 bits per heavy atom. The summed E-state index contributed by atoms with van der Waals surface area (Å²) in [5.74, 6) is -2.92. The van der Waals surface area contributed by atoms with Gasteiger partial charge in [0.1, 0.15) is 16.8 Å². The second kappa shape index (κ2) is 8.89. The van der Waals surface area contributed by atoms with Gasteiger partial charge in [-0.1, -0.05) is 0 Å². The second-order valence-corrected chi connectivity index (χ2v) is 6.14. The van der Waals surface area contributed by atoms with Gasteiger partial charge in [0.05, 0.1) is 18.9 Å². The molecule has 1 aromatic rings. The van der Waals surface area contributed by atoms with Gasteiger partial charge in [0.2, 0.25) is 0 Å². The van der Waals surface area contributed by atoms with Crippen LogP contribution >= 0.6 is 11.6 Å². The van der Waals surface area contributed by atoms with E-state index in [1.54, 1.807) is 0 Å². The third-order valence-corrected chi connectivity index (χ3v) is 3.31. The predicted molar refractivity (Wildman–Crippen MR) is 89.7 cm³/mol. The fraction of sp³-hybridized carbons (Fsp3) is 0.562. The van der Waals surface area contributed by atoms with Crippen molar-refractivity contribution in [3.63, 3.8) is 0 Å². The van der Waals surface area contributed by atoms with E-state index in [1.807, 2.05) is 0 Å². The molecule has 0 aliphatic carbocycles. The summed E-state index contributed by atoms with van der Waals surface area (Å²) in [6.45, 7) is 5.02. The van der Waals surface area contributed by atoms with Crippen LogP contribution < -0.4 is 5.32 Å². The summed E-state index contributed by atoms with van der Waals surface area (Å²) >= 11 is 4.92. The molecule has 0 radical (unpaired) electrons. The highest BCUT2D eigenvalue weighted by Crippen LogP contribution is 2.43. The van der Waals surface area contributed by atoms with Gasteiger partial charge < -0.3 is 14.8 Å². The van der Waals surface area contributed by atoms with Gasteiger partial charge in [-0.25, -0.2) is 14.6 Å². The summed E-state index contributed by atoms with van der Waals surface area (Å²) in [5.41, 5.74) is -6.78. The number of nitrogens with one attached hydrogen (secondary N) is 1. The first-order chi connectivity index (χ1) is 12.8. The number of rotatable bonds is 7. The van der Waals surface area contributed by atoms with E-state index >= 15 is 0 Å². The number of hydrogen-bond donors (Lipinski definition) is 1. The van der Waals surface area contributed by atoms with E-state index in [4.69, 9.17) is 11.6 Å². The van der Waals surface area contributed by atoms with E-state index in [1.165, 1.54) is 27.7 Å². The fourth-order valence-corrected chi connectivity index (χ4v) is 2.37. The van der Waals surface area contributed by atoms with Gasteiger partial charge >= 0.3 is 23.5 Å². The summed E-state index contributed by atoms with van der Waals surface area (Å²) in [4.78, 5) is 27.4. The first kappa shape index (κ1) is 23.9. The van der Waals surface area contributed by atoms with Crippen molar-refractivity contribution < 1.29 is 41.0 Å². The zero-order valence-electron chi connectivity index (χ0n) is 15.3. The van der Waals surface area contributed by atoms with Crippen molar-refractivity contribution in [3.8, 4) is 0 Å². The summed E-state index contributed by atoms with van der Waals surface area (Å²) < 4.78 is 77.5. The van der Waals surface area contributed by atoms with Crippen LogP contribution in [0.2, 0.25) is 0 Å². The summed E-state index contributed by atoms with van der Waals surface area (Å²) in [7, 11) is 0. The van der Waals surface area contributed by atoms with Crippen molar-refractivity contribution >= 4 is 29.2 Å². The lowest BCUT2D eigenvalue weighted by Gasteiger charge is -2.24. The average molecular weight is 433 g/mol. The lowest BCUT2D eigenvalue weighted by Crippen LogP contribution is -2.28. The Morgan fingerprint density at radius 1 is 1.00 bits per heavy atom. The van der Waals surface area contributed by atoms with Gasteiger partial charge in [0.15, 0.2) is 5.69 Å². The molecule has 1 rings (SSSR count). The minimum atomic E-state index is -5.32. The van der Waals surface area contributed by atoms with Crippen LogP contribution in [0.5, 0.6) is 0 Å². The van der Waals surface area contributed by atoms with Crippen LogP contribution in [0.4, 0.5) is 27.6 Å². The van der Waals surface area contributed by atoms with E-state index in [0.717, 1.165) is 0 Å². The zero-order valence-corrected chi connectivity index (χ0v) is 16.1. The minimum absolute atomic E-state index is 0.275. The molecule has 0 fully saturated rings. The van der Waals surface area contributed by atoms with Crippen LogP contribution in [-0.2, 0) is 21.0 Å². The van der Waals surface area contributed by atoms with Gasteiger partial charge in [0, 0.05) is 6.04 Å². The van der Waals surface area contributed by atoms with Crippen LogP contribution in [0, 0.1) is 0 Å². The largest absolute Gasteiger partial charge is 0.462 e. The number of alkyl halides is 6. The van der Waals surface area contributed by atoms with Crippen LogP contribution in [-0.4, -0.2) is 36.2 Å². The molecule has 1 N–H and O–H groups in total. The van der Waals surface area contributed by atoms with Gasteiger partial charge in [-0.05, 0) is 39.3 Å². The molecule has 28 heavy (non-hydrogen) atoms. The number of ether oxygens (including phenoxy) is 2. The molecule has 6 nitrogen and oxygen atoms in total. The highest BCUT2D eigenvalue weighted by atomic mass is 35.5. The maximum atomic E-state index is 13.9.